The quantitative estimate of drug-likeness (QED) is 0.350. The van der Waals surface area contributed by atoms with Gasteiger partial charge in [0.2, 0.25) is 5.91 Å². The van der Waals surface area contributed by atoms with E-state index in [1.54, 1.807) is 36.5 Å². The minimum Gasteiger partial charge on any atom is -0.481 e. The lowest BCUT2D eigenvalue weighted by atomic mass is 9.98. The maximum atomic E-state index is 14.4. The predicted molar refractivity (Wildman–Crippen MR) is 147 cm³/mol. The van der Waals surface area contributed by atoms with Crippen LogP contribution in [0.5, 0.6) is 0 Å². The number of hydrogen-bond donors (Lipinski definition) is 2. The van der Waals surface area contributed by atoms with Gasteiger partial charge in [-0.2, -0.15) is 0 Å². The molecule has 1 aromatic carbocycles. The van der Waals surface area contributed by atoms with Crippen LogP contribution >= 0.6 is 0 Å². The van der Waals surface area contributed by atoms with Gasteiger partial charge < -0.3 is 15.0 Å². The summed E-state index contributed by atoms with van der Waals surface area (Å²) < 4.78 is 29.0. The summed E-state index contributed by atoms with van der Waals surface area (Å²) in [6, 6.07) is 9.07. The molecule has 1 aliphatic heterocycles. The zero-order valence-electron chi connectivity index (χ0n) is 22.6. The lowest BCUT2D eigenvalue weighted by molar-refractivity contribution is -0.138. The van der Waals surface area contributed by atoms with Gasteiger partial charge in [0, 0.05) is 55.4 Å². The minimum absolute atomic E-state index is 0.0536. The van der Waals surface area contributed by atoms with Crippen molar-refractivity contribution in [2.45, 2.75) is 51.4 Å². The van der Waals surface area contributed by atoms with Crippen molar-refractivity contribution in [2.75, 3.05) is 19.6 Å². The van der Waals surface area contributed by atoms with Crippen LogP contribution < -0.4 is 10.9 Å². The van der Waals surface area contributed by atoms with Crippen LogP contribution in [0.1, 0.15) is 49.9 Å². The van der Waals surface area contributed by atoms with Crippen LogP contribution in [0.2, 0.25) is 0 Å². The van der Waals surface area contributed by atoms with E-state index >= 15 is 0 Å². The maximum Gasteiger partial charge on any atom is 0.305 e. The van der Waals surface area contributed by atoms with Gasteiger partial charge in [0.25, 0.3) is 5.56 Å². The molecule has 3 aromatic rings. The summed E-state index contributed by atoms with van der Waals surface area (Å²) in [6.45, 7) is 5.31. The molecule has 0 saturated carbocycles. The number of carboxylic acids is 1. The highest BCUT2D eigenvalue weighted by atomic mass is 19.1. The number of carbonyl (C=O) groups is 2. The van der Waals surface area contributed by atoms with Crippen molar-refractivity contribution in [2.24, 2.45) is 5.92 Å². The number of nitrogens with one attached hydrogen (secondary N) is 1. The Hall–Kier alpha value is -3.92. The van der Waals surface area contributed by atoms with Gasteiger partial charge in [-0.15, -0.1) is 0 Å². The number of aliphatic carboxylic acids is 1. The van der Waals surface area contributed by atoms with Crippen LogP contribution in [0, 0.1) is 11.7 Å². The van der Waals surface area contributed by atoms with Crippen molar-refractivity contribution in [3.63, 3.8) is 0 Å². The number of amides is 1. The van der Waals surface area contributed by atoms with Gasteiger partial charge in [0.05, 0.1) is 12.5 Å². The number of aromatic nitrogens is 2. The topological polar surface area (TPSA) is 105 Å². The van der Waals surface area contributed by atoms with Crippen LogP contribution in [-0.4, -0.2) is 57.2 Å². The number of likely N-dealkylation sites (tertiary alicyclic amines) is 1. The molecule has 1 fully saturated rings. The molecular weight excluding hydrogens is 518 g/mol. The summed E-state index contributed by atoms with van der Waals surface area (Å²) in [5.74, 6) is -2.03. The Morgan fingerprint density at radius 2 is 1.90 bits per heavy atom. The van der Waals surface area contributed by atoms with Gasteiger partial charge in [-0.1, -0.05) is 38.1 Å². The number of pyridine rings is 2. The van der Waals surface area contributed by atoms with Crippen molar-refractivity contribution in [1.82, 2.24) is 19.8 Å². The van der Waals surface area contributed by atoms with Crippen LogP contribution in [0.15, 0.2) is 65.8 Å². The Morgan fingerprint density at radius 3 is 2.58 bits per heavy atom. The van der Waals surface area contributed by atoms with Crippen LogP contribution in [0.25, 0.3) is 11.1 Å². The first-order valence-electron chi connectivity index (χ1n) is 13.4. The number of halogens is 2. The summed E-state index contributed by atoms with van der Waals surface area (Å²) in [5.41, 5.74) is 1.65. The van der Waals surface area contributed by atoms with Crippen molar-refractivity contribution in [3.05, 3.63) is 88.4 Å². The van der Waals surface area contributed by atoms with E-state index in [2.05, 4.69) is 10.3 Å². The number of nitrogens with zero attached hydrogens (tertiary/aromatic N) is 3. The lowest BCUT2D eigenvalue weighted by Crippen LogP contribution is -2.49. The second kappa shape index (κ2) is 13.0. The van der Waals surface area contributed by atoms with Crippen LogP contribution in [-0.2, 0) is 16.0 Å². The molecule has 2 aromatic heterocycles. The molecule has 212 valence electrons. The summed E-state index contributed by atoms with van der Waals surface area (Å²) in [6.07, 6.45) is 4.30. The highest BCUT2D eigenvalue weighted by Gasteiger charge is 2.28. The molecule has 1 amide bonds. The molecule has 0 bridgehead atoms. The number of carbonyl (C=O) groups excluding carboxylic acids is 1. The molecule has 8 nitrogen and oxygen atoms in total. The molecule has 2 atom stereocenters. The lowest BCUT2D eigenvalue weighted by Gasteiger charge is -2.34. The number of carboxylic acid groups (broad SMARTS) is 1. The van der Waals surface area contributed by atoms with Crippen LogP contribution in [0.3, 0.4) is 0 Å². The molecule has 1 aliphatic rings. The molecule has 4 rings (SSSR count). The van der Waals surface area contributed by atoms with Gasteiger partial charge in [0.1, 0.15) is 18.0 Å². The average Bonchev–Trinajstić information content (AvgIpc) is 2.89. The van der Waals surface area contributed by atoms with E-state index in [4.69, 9.17) is 0 Å². The zero-order chi connectivity index (χ0) is 28.8. The molecular formula is C30H34F2N4O4. The van der Waals surface area contributed by atoms with Crippen molar-refractivity contribution in [1.29, 1.82) is 0 Å². The van der Waals surface area contributed by atoms with Gasteiger partial charge in [-0.05, 0) is 42.0 Å². The first-order chi connectivity index (χ1) is 19.1. The number of benzene rings is 1. The van der Waals surface area contributed by atoms with Gasteiger partial charge in [-0.3, -0.25) is 24.3 Å². The highest BCUT2D eigenvalue weighted by Crippen LogP contribution is 2.27. The summed E-state index contributed by atoms with van der Waals surface area (Å²) in [5, 5.41) is 12.4. The fourth-order valence-electron chi connectivity index (χ4n) is 4.90. The predicted octanol–water partition coefficient (Wildman–Crippen LogP) is 4.17. The Morgan fingerprint density at radius 1 is 1.15 bits per heavy atom. The largest absolute Gasteiger partial charge is 0.481 e. The smallest absolute Gasteiger partial charge is 0.305 e. The summed E-state index contributed by atoms with van der Waals surface area (Å²) in [7, 11) is 0. The number of rotatable bonds is 12. The summed E-state index contributed by atoms with van der Waals surface area (Å²) >= 11 is 0. The minimum atomic E-state index is -1.14. The second-order valence-electron chi connectivity index (χ2n) is 10.7. The van der Waals surface area contributed by atoms with E-state index in [-0.39, 0.29) is 11.5 Å². The third-order valence-electron chi connectivity index (χ3n) is 7.00. The van der Waals surface area contributed by atoms with Crippen LogP contribution in [0.4, 0.5) is 8.78 Å². The SMILES string of the molecule is CC(C)C[C@@H](C(=O)N[C@@H](CC(=O)O)c1cncc(-c2ccccc2F)c1)n1cc(CCN2CC(F)C2)ccc1=O. The highest BCUT2D eigenvalue weighted by molar-refractivity contribution is 5.81. The van der Waals surface area contributed by atoms with Crippen molar-refractivity contribution in [3.8, 4) is 11.1 Å². The van der Waals surface area contributed by atoms with E-state index in [1.807, 2.05) is 18.7 Å². The molecule has 10 heteroatoms. The normalized spacial score (nSPS) is 15.4. The molecule has 0 aliphatic carbocycles. The Kier molecular flexibility index (Phi) is 9.42. The molecule has 1 saturated heterocycles. The third-order valence-corrected chi connectivity index (χ3v) is 7.00. The van der Waals surface area contributed by atoms with E-state index in [0.29, 0.717) is 49.2 Å². The summed E-state index contributed by atoms with van der Waals surface area (Å²) in [4.78, 5) is 44.5. The van der Waals surface area contributed by atoms with Crippen molar-refractivity contribution < 1.29 is 23.5 Å². The third kappa shape index (κ3) is 7.38. The monoisotopic (exact) mass is 552 g/mol. The first-order valence-corrected chi connectivity index (χ1v) is 13.4. The molecule has 3 heterocycles. The van der Waals surface area contributed by atoms with E-state index in [1.165, 1.54) is 29.1 Å². The molecule has 40 heavy (non-hydrogen) atoms. The number of alkyl halides is 1. The molecule has 0 spiro atoms. The van der Waals surface area contributed by atoms with E-state index < -0.39 is 42.4 Å². The van der Waals surface area contributed by atoms with E-state index in [9.17, 15) is 28.3 Å². The van der Waals surface area contributed by atoms with Gasteiger partial charge in [-0.25, -0.2) is 8.78 Å². The Labute approximate surface area is 231 Å². The Balaban J connectivity index is 1.60. The molecule has 0 radical (unpaired) electrons. The standard InChI is InChI=1S/C30H34F2N4O4/c1-19(2)11-27(36-16-20(7-8-28(36)37)9-10-35-17-23(31)18-35)30(40)34-26(13-29(38)39)22-12-21(14-33-15-22)24-5-3-4-6-25(24)32/h3-8,12,14-16,19,23,26-27H,9-11,13,17-18H2,1-2H3,(H,34,40)(H,38,39)/t26-,27-/m0/s1. The van der Waals surface area contributed by atoms with Crippen molar-refractivity contribution >= 4 is 11.9 Å². The van der Waals surface area contributed by atoms with Gasteiger partial charge in [0.15, 0.2) is 0 Å². The first kappa shape index (κ1) is 29.1. The fraction of sp³-hybridized carbons (Fsp3) is 0.400. The van der Waals surface area contributed by atoms with E-state index in [0.717, 1.165) is 5.56 Å². The maximum absolute atomic E-state index is 14.4. The molecule has 2 N–H and O–H groups in total. The Bertz CT molecular complexity index is 1400. The second-order valence-corrected chi connectivity index (χ2v) is 10.7. The fourth-order valence-corrected chi connectivity index (χ4v) is 4.90. The number of hydrogen-bond acceptors (Lipinski definition) is 5. The van der Waals surface area contributed by atoms with Gasteiger partial charge >= 0.3 is 5.97 Å². The zero-order valence-corrected chi connectivity index (χ0v) is 22.6. The molecule has 0 unspecified atom stereocenters. The average molecular weight is 553 g/mol.